The zero-order chi connectivity index (χ0) is 13.5. The van der Waals surface area contributed by atoms with Crippen molar-refractivity contribution in [1.29, 1.82) is 0 Å². The molecule has 0 saturated carbocycles. The van der Waals surface area contributed by atoms with Gasteiger partial charge in [-0.1, -0.05) is 6.92 Å². The maximum Gasteiger partial charge on any atom is 0.239 e. The molecule has 2 aliphatic heterocycles. The number of morpholine rings is 1. The van der Waals surface area contributed by atoms with Crippen molar-refractivity contribution in [3.8, 4) is 0 Å². The largest absolute Gasteiger partial charge is 0.378 e. The van der Waals surface area contributed by atoms with Gasteiger partial charge in [-0.25, -0.2) is 0 Å². The summed E-state index contributed by atoms with van der Waals surface area (Å²) in [6, 6.07) is -0.158. The molecule has 2 heterocycles. The van der Waals surface area contributed by atoms with Gasteiger partial charge in [-0.15, -0.1) is 24.8 Å². The molecule has 2 rings (SSSR count). The molecule has 0 spiro atoms. The van der Waals surface area contributed by atoms with E-state index in [1.54, 1.807) is 0 Å². The fourth-order valence-electron chi connectivity index (χ4n) is 2.83. The van der Waals surface area contributed by atoms with Crippen LogP contribution in [0, 0.1) is 5.92 Å². The first-order valence-electron chi connectivity index (χ1n) is 7.60. The Hall–Kier alpha value is -0.0700. The molecule has 2 fully saturated rings. The predicted molar refractivity (Wildman–Crippen MR) is 89.6 cm³/mol. The van der Waals surface area contributed by atoms with Crippen LogP contribution in [0.3, 0.4) is 0 Å². The Morgan fingerprint density at radius 2 is 2.05 bits per heavy atom. The quantitative estimate of drug-likeness (QED) is 0.784. The molecule has 5 nitrogen and oxygen atoms in total. The summed E-state index contributed by atoms with van der Waals surface area (Å²) in [7, 11) is 0. The number of hydrogen-bond donors (Lipinski definition) is 2. The summed E-state index contributed by atoms with van der Waals surface area (Å²) in [4.78, 5) is 14.5. The molecule has 2 N–H and O–H groups in total. The zero-order valence-electron chi connectivity index (χ0n) is 12.8. The number of piperidine rings is 1. The summed E-state index contributed by atoms with van der Waals surface area (Å²) < 4.78 is 5.31. The summed E-state index contributed by atoms with van der Waals surface area (Å²) in [6.45, 7) is 8.59. The van der Waals surface area contributed by atoms with Crippen LogP contribution in [0.2, 0.25) is 0 Å². The van der Waals surface area contributed by atoms with Gasteiger partial charge in [0, 0.05) is 13.1 Å². The lowest BCUT2D eigenvalue weighted by atomic mass is 9.96. The summed E-state index contributed by atoms with van der Waals surface area (Å²) >= 11 is 0. The summed E-state index contributed by atoms with van der Waals surface area (Å²) in [5.41, 5.74) is 0. The van der Waals surface area contributed by atoms with Crippen LogP contribution in [0.4, 0.5) is 0 Å². The first-order chi connectivity index (χ1) is 9.29. The van der Waals surface area contributed by atoms with E-state index in [-0.39, 0.29) is 36.8 Å². The highest BCUT2D eigenvalue weighted by atomic mass is 35.5. The maximum absolute atomic E-state index is 11.9. The maximum atomic E-state index is 11.9. The van der Waals surface area contributed by atoms with Crippen LogP contribution < -0.4 is 10.6 Å². The lowest BCUT2D eigenvalue weighted by Gasteiger charge is -2.32. The van der Waals surface area contributed by atoms with E-state index in [0.717, 1.165) is 13.1 Å². The lowest BCUT2D eigenvalue weighted by Crippen LogP contribution is -2.52. The molecular formula is C14H29Cl2N3O2. The molecule has 0 radical (unpaired) electrons. The lowest BCUT2D eigenvalue weighted by molar-refractivity contribution is -0.126. The molecule has 0 aromatic heterocycles. The van der Waals surface area contributed by atoms with Gasteiger partial charge in [0.05, 0.1) is 13.2 Å². The third-order valence-corrected chi connectivity index (χ3v) is 4.05. The number of nitrogens with zero attached hydrogens (tertiary/aromatic N) is 1. The van der Waals surface area contributed by atoms with Gasteiger partial charge in [0.15, 0.2) is 0 Å². The van der Waals surface area contributed by atoms with Crippen LogP contribution in [0.25, 0.3) is 0 Å². The first-order valence-corrected chi connectivity index (χ1v) is 7.60. The Kier molecular flexibility index (Phi) is 11.5. The van der Waals surface area contributed by atoms with E-state index in [2.05, 4.69) is 22.5 Å². The smallest absolute Gasteiger partial charge is 0.239 e. The van der Waals surface area contributed by atoms with Gasteiger partial charge in [0.1, 0.15) is 6.04 Å². The predicted octanol–water partition coefficient (Wildman–Crippen LogP) is 1.06. The van der Waals surface area contributed by atoms with Gasteiger partial charge in [-0.2, -0.15) is 0 Å². The molecule has 126 valence electrons. The number of amides is 1. The van der Waals surface area contributed by atoms with Crippen LogP contribution in [0.5, 0.6) is 0 Å². The summed E-state index contributed by atoms with van der Waals surface area (Å²) in [6.07, 6.45) is 3.64. The van der Waals surface area contributed by atoms with E-state index in [4.69, 9.17) is 4.74 Å². The Labute approximate surface area is 140 Å². The molecule has 21 heavy (non-hydrogen) atoms. The number of likely N-dealkylation sites (tertiary alicyclic amines) is 1. The van der Waals surface area contributed by atoms with Crippen molar-refractivity contribution in [3.05, 3.63) is 0 Å². The van der Waals surface area contributed by atoms with Gasteiger partial charge in [-0.3, -0.25) is 4.79 Å². The third kappa shape index (κ3) is 7.15. The molecule has 2 aliphatic rings. The van der Waals surface area contributed by atoms with Crippen molar-refractivity contribution in [2.75, 3.05) is 45.9 Å². The molecule has 1 unspecified atom stereocenters. The number of carbonyl (C=O) groups is 1. The number of halogens is 2. The summed E-state index contributed by atoms with van der Waals surface area (Å²) in [5.74, 6) is 0.734. The second-order valence-corrected chi connectivity index (χ2v) is 5.61. The van der Waals surface area contributed by atoms with Crippen LogP contribution in [0.1, 0.15) is 26.2 Å². The number of ether oxygens (including phenoxy) is 1. The Morgan fingerprint density at radius 3 is 2.62 bits per heavy atom. The normalized spacial score (nSPS) is 23.8. The van der Waals surface area contributed by atoms with E-state index < -0.39 is 0 Å². The molecule has 0 aromatic rings. The van der Waals surface area contributed by atoms with E-state index in [0.29, 0.717) is 19.1 Å². The molecule has 0 bridgehead atoms. The highest BCUT2D eigenvalue weighted by Crippen LogP contribution is 2.16. The van der Waals surface area contributed by atoms with Crippen LogP contribution >= 0.6 is 24.8 Å². The SMILES string of the molecule is CCCN1CCC(CNC(=O)C2COCCN2)CC1.Cl.Cl. The first kappa shape index (κ1) is 20.9. The average Bonchev–Trinajstić information content (AvgIpc) is 2.47. The van der Waals surface area contributed by atoms with Crippen LogP contribution in [0.15, 0.2) is 0 Å². The molecule has 1 atom stereocenters. The second-order valence-electron chi connectivity index (χ2n) is 5.61. The third-order valence-electron chi connectivity index (χ3n) is 4.05. The number of rotatable bonds is 5. The minimum absolute atomic E-state index is 0. The average molecular weight is 342 g/mol. The fourth-order valence-corrected chi connectivity index (χ4v) is 2.83. The summed E-state index contributed by atoms with van der Waals surface area (Å²) in [5, 5.41) is 6.25. The standard InChI is InChI=1S/C14H27N3O2.2ClH/c1-2-6-17-7-3-12(4-8-17)10-16-14(18)13-11-19-9-5-15-13;;/h12-13,15H,2-11H2,1H3,(H,16,18);2*1H. The number of hydrogen-bond acceptors (Lipinski definition) is 4. The minimum atomic E-state index is -0.158. The van der Waals surface area contributed by atoms with E-state index in [1.165, 1.54) is 38.9 Å². The highest BCUT2D eigenvalue weighted by Gasteiger charge is 2.23. The Bertz CT molecular complexity index is 281. The highest BCUT2D eigenvalue weighted by molar-refractivity contribution is 5.85. The topological polar surface area (TPSA) is 53.6 Å². The molecule has 0 aliphatic carbocycles. The number of nitrogens with one attached hydrogen (secondary N) is 2. The van der Waals surface area contributed by atoms with Gasteiger partial charge >= 0.3 is 0 Å². The molecular weight excluding hydrogens is 313 g/mol. The van der Waals surface area contributed by atoms with Crippen molar-refractivity contribution in [3.63, 3.8) is 0 Å². The van der Waals surface area contributed by atoms with Gasteiger partial charge in [-0.05, 0) is 44.8 Å². The molecule has 1 amide bonds. The molecule has 7 heteroatoms. The number of carbonyl (C=O) groups excluding carboxylic acids is 1. The van der Waals surface area contributed by atoms with Crippen molar-refractivity contribution in [1.82, 2.24) is 15.5 Å². The zero-order valence-corrected chi connectivity index (χ0v) is 14.4. The molecule has 2 saturated heterocycles. The fraction of sp³-hybridized carbons (Fsp3) is 0.929. The Balaban J connectivity index is 0.00000200. The van der Waals surface area contributed by atoms with Crippen LogP contribution in [-0.4, -0.2) is 62.8 Å². The van der Waals surface area contributed by atoms with Crippen molar-refractivity contribution in [2.24, 2.45) is 5.92 Å². The van der Waals surface area contributed by atoms with E-state index >= 15 is 0 Å². The van der Waals surface area contributed by atoms with Crippen molar-refractivity contribution >= 4 is 30.7 Å². The Morgan fingerprint density at radius 1 is 1.33 bits per heavy atom. The van der Waals surface area contributed by atoms with Gasteiger partial charge in [0.25, 0.3) is 0 Å². The van der Waals surface area contributed by atoms with Crippen LogP contribution in [-0.2, 0) is 9.53 Å². The second kappa shape index (κ2) is 11.5. The van der Waals surface area contributed by atoms with Gasteiger partial charge < -0.3 is 20.3 Å². The van der Waals surface area contributed by atoms with E-state index in [9.17, 15) is 4.79 Å². The van der Waals surface area contributed by atoms with Gasteiger partial charge in [0.2, 0.25) is 5.91 Å². The van der Waals surface area contributed by atoms with Crippen molar-refractivity contribution < 1.29 is 9.53 Å². The molecule has 0 aromatic carbocycles. The monoisotopic (exact) mass is 341 g/mol. The minimum Gasteiger partial charge on any atom is -0.378 e. The van der Waals surface area contributed by atoms with E-state index in [1.807, 2.05) is 0 Å². The van der Waals surface area contributed by atoms with Crippen molar-refractivity contribution in [2.45, 2.75) is 32.2 Å².